The highest BCUT2D eigenvalue weighted by Gasteiger charge is 2.75. The maximum atomic E-state index is 13.6. The van der Waals surface area contributed by atoms with Crippen molar-refractivity contribution in [3.05, 3.63) is 12.2 Å². The lowest BCUT2D eigenvalue weighted by Crippen LogP contribution is -2.68. The second-order valence-electron chi connectivity index (χ2n) is 10.8. The lowest BCUT2D eigenvalue weighted by molar-refractivity contribution is -0.229. The number of ketones is 2. The minimum Gasteiger partial charge on any atom is -0.481 e. The first kappa shape index (κ1) is 22.2. The molecule has 5 unspecified atom stereocenters. The first-order valence-electron chi connectivity index (χ1n) is 11.2. The van der Waals surface area contributed by atoms with E-state index in [1.54, 1.807) is 0 Å². The van der Waals surface area contributed by atoms with Crippen LogP contribution >= 0.6 is 0 Å². The van der Waals surface area contributed by atoms with Gasteiger partial charge in [0.2, 0.25) is 0 Å². The molecular formula is C24H32O7. The van der Waals surface area contributed by atoms with E-state index in [1.165, 1.54) is 0 Å². The predicted molar refractivity (Wildman–Crippen MR) is 110 cm³/mol. The Kier molecular flexibility index (Phi) is 5.00. The van der Waals surface area contributed by atoms with Gasteiger partial charge in [0, 0.05) is 17.8 Å². The molecule has 0 saturated heterocycles. The van der Waals surface area contributed by atoms with Gasteiger partial charge in [-0.3, -0.25) is 19.2 Å². The molecule has 0 aliphatic heterocycles. The molecule has 4 saturated carbocycles. The van der Waals surface area contributed by atoms with E-state index in [9.17, 15) is 24.3 Å². The zero-order valence-electron chi connectivity index (χ0n) is 18.5. The number of carboxylic acids is 1. The minimum atomic E-state index is -1.26. The Morgan fingerprint density at radius 3 is 2.45 bits per heavy atom. The van der Waals surface area contributed by atoms with Crippen molar-refractivity contribution >= 4 is 23.5 Å². The fourth-order valence-electron chi connectivity index (χ4n) is 7.69. The molecule has 0 amide bonds. The van der Waals surface area contributed by atoms with Crippen molar-refractivity contribution in [3.63, 3.8) is 0 Å². The van der Waals surface area contributed by atoms with Gasteiger partial charge in [0.1, 0.15) is 11.9 Å². The largest absolute Gasteiger partial charge is 0.481 e. The topological polar surface area (TPSA) is 118 Å². The van der Waals surface area contributed by atoms with Crippen LogP contribution in [0.4, 0.5) is 0 Å². The highest BCUT2D eigenvalue weighted by atomic mass is 16.5. The summed E-state index contributed by atoms with van der Waals surface area (Å²) in [6.07, 6.45) is 0.185. The normalized spacial score (nSPS) is 43.2. The third-order valence-corrected chi connectivity index (χ3v) is 9.20. The summed E-state index contributed by atoms with van der Waals surface area (Å²) in [5.41, 5.74) is -1.82. The van der Waals surface area contributed by atoms with E-state index in [0.29, 0.717) is 37.7 Å². The first-order chi connectivity index (χ1) is 14.4. The molecule has 4 aliphatic carbocycles. The Bertz CT molecular complexity index is 873. The third kappa shape index (κ3) is 2.81. The summed E-state index contributed by atoms with van der Waals surface area (Å²) < 4.78 is 5.79. The summed E-state index contributed by atoms with van der Waals surface area (Å²) >= 11 is 0. The highest BCUT2D eigenvalue weighted by molar-refractivity contribution is 6.05. The van der Waals surface area contributed by atoms with Gasteiger partial charge >= 0.3 is 11.9 Å². The Morgan fingerprint density at radius 1 is 1.13 bits per heavy atom. The predicted octanol–water partition coefficient (Wildman–Crippen LogP) is 2.69. The number of aliphatic carboxylic acids is 1. The molecule has 0 heterocycles. The molecule has 2 N–H and O–H groups in total. The van der Waals surface area contributed by atoms with Gasteiger partial charge in [0.15, 0.2) is 5.78 Å². The van der Waals surface area contributed by atoms with Crippen molar-refractivity contribution in [1.29, 1.82) is 0 Å². The molecule has 0 radical (unpaired) electrons. The maximum absolute atomic E-state index is 13.6. The second-order valence-corrected chi connectivity index (χ2v) is 10.8. The number of aliphatic hydroxyl groups excluding tert-OH is 1. The fraction of sp³-hybridized carbons (Fsp3) is 0.750. The summed E-state index contributed by atoms with van der Waals surface area (Å²) in [5.74, 6) is -2.47. The van der Waals surface area contributed by atoms with Crippen molar-refractivity contribution in [3.8, 4) is 0 Å². The Morgan fingerprint density at radius 2 is 1.81 bits per heavy atom. The van der Waals surface area contributed by atoms with E-state index in [0.717, 1.165) is 0 Å². The number of hydrogen-bond acceptors (Lipinski definition) is 6. The van der Waals surface area contributed by atoms with Crippen LogP contribution in [0.2, 0.25) is 0 Å². The molecule has 0 aromatic heterocycles. The molecule has 7 heteroatoms. The number of rotatable bonds is 4. The molecule has 2 bridgehead atoms. The molecule has 4 rings (SSSR count). The average molecular weight is 433 g/mol. The zero-order chi connectivity index (χ0) is 22.9. The second kappa shape index (κ2) is 6.99. The molecular weight excluding hydrogens is 400 g/mol. The smallest absolute Gasteiger partial charge is 0.306 e. The molecule has 7 nitrogen and oxygen atoms in total. The van der Waals surface area contributed by atoms with Crippen molar-refractivity contribution in [1.82, 2.24) is 0 Å². The van der Waals surface area contributed by atoms with Crippen LogP contribution in [0.15, 0.2) is 12.2 Å². The van der Waals surface area contributed by atoms with E-state index in [2.05, 4.69) is 13.5 Å². The monoisotopic (exact) mass is 432 g/mol. The lowest BCUT2D eigenvalue weighted by atomic mass is 9.39. The molecule has 1 spiro atoms. The molecule has 0 aromatic rings. The number of carbonyl (C=O) groups excluding carboxylic acids is 3. The van der Waals surface area contributed by atoms with Crippen LogP contribution in [-0.4, -0.2) is 45.9 Å². The summed E-state index contributed by atoms with van der Waals surface area (Å²) in [6.45, 7) is 10.00. The standard InChI is InChI=1S/C24H32O7/c1-12-13-5-6-14-23(4)10-9-16(25)22(2,3)15(23)11-17(26)24(14,20(12)30)21(13)31-19(29)8-7-18(27)28/h13-15,17,21,26H,1,5-11H2,2-4H3,(H,27,28)/t13?,14?,15-,17?,21?,23+,24?/m1/s1. The van der Waals surface area contributed by atoms with E-state index in [4.69, 9.17) is 9.84 Å². The van der Waals surface area contributed by atoms with Crippen molar-refractivity contribution < 1.29 is 34.1 Å². The minimum absolute atomic E-state index is 0.0755. The fourth-order valence-corrected chi connectivity index (χ4v) is 7.69. The van der Waals surface area contributed by atoms with Crippen LogP contribution in [0.5, 0.6) is 0 Å². The SMILES string of the molecule is C=C1C(=O)C23C(O)C[C@@H]4C(C)(C)C(=O)CC[C@@]4(C)C2CCC1C3OC(=O)CCC(=O)O. The van der Waals surface area contributed by atoms with Gasteiger partial charge in [-0.25, -0.2) is 0 Å². The zero-order valence-corrected chi connectivity index (χ0v) is 18.5. The number of hydrogen-bond donors (Lipinski definition) is 2. The number of esters is 1. The number of aliphatic hydroxyl groups is 1. The third-order valence-electron chi connectivity index (χ3n) is 9.20. The highest BCUT2D eigenvalue weighted by Crippen LogP contribution is 2.71. The van der Waals surface area contributed by atoms with Crippen LogP contribution in [0, 0.1) is 34.0 Å². The number of carboxylic acid groups (broad SMARTS) is 1. The van der Waals surface area contributed by atoms with Crippen LogP contribution in [0.3, 0.4) is 0 Å². The van der Waals surface area contributed by atoms with Gasteiger partial charge in [-0.05, 0) is 48.5 Å². The van der Waals surface area contributed by atoms with Crippen LogP contribution in [0.25, 0.3) is 0 Å². The number of carbonyl (C=O) groups is 4. The maximum Gasteiger partial charge on any atom is 0.306 e. The van der Waals surface area contributed by atoms with Crippen LogP contribution in [-0.2, 0) is 23.9 Å². The molecule has 170 valence electrons. The molecule has 4 aliphatic rings. The Labute approximate surface area is 182 Å². The summed E-state index contributed by atoms with van der Waals surface area (Å²) in [5, 5.41) is 20.4. The number of Topliss-reactive ketones (excluding diaryl/α,β-unsaturated/α-hetero) is 2. The van der Waals surface area contributed by atoms with Crippen molar-refractivity contribution in [2.24, 2.45) is 34.0 Å². The van der Waals surface area contributed by atoms with Gasteiger partial charge < -0.3 is 14.9 Å². The van der Waals surface area contributed by atoms with E-state index in [-0.39, 0.29) is 47.6 Å². The van der Waals surface area contributed by atoms with Gasteiger partial charge in [0.25, 0.3) is 0 Å². The average Bonchev–Trinajstić information content (AvgIpc) is 2.81. The van der Waals surface area contributed by atoms with E-state index < -0.39 is 35.0 Å². The first-order valence-corrected chi connectivity index (χ1v) is 11.2. The molecule has 7 atom stereocenters. The molecule has 31 heavy (non-hydrogen) atoms. The number of ether oxygens (including phenoxy) is 1. The number of fused-ring (bicyclic) bond motifs is 3. The van der Waals surface area contributed by atoms with Gasteiger partial charge in [0.05, 0.1) is 24.4 Å². The van der Waals surface area contributed by atoms with Crippen molar-refractivity contribution in [2.45, 2.75) is 77.9 Å². The Hall–Kier alpha value is -2.02. The lowest BCUT2D eigenvalue weighted by Gasteiger charge is -2.64. The van der Waals surface area contributed by atoms with Crippen LogP contribution in [0.1, 0.15) is 65.7 Å². The summed E-state index contributed by atoms with van der Waals surface area (Å²) in [7, 11) is 0. The van der Waals surface area contributed by atoms with E-state index >= 15 is 0 Å². The van der Waals surface area contributed by atoms with E-state index in [1.807, 2.05) is 13.8 Å². The van der Waals surface area contributed by atoms with Gasteiger partial charge in [-0.15, -0.1) is 0 Å². The molecule has 0 aromatic carbocycles. The van der Waals surface area contributed by atoms with Gasteiger partial charge in [-0.2, -0.15) is 0 Å². The summed E-state index contributed by atoms with van der Waals surface area (Å²) in [6, 6.07) is 0. The molecule has 4 fully saturated rings. The van der Waals surface area contributed by atoms with Gasteiger partial charge in [-0.1, -0.05) is 27.4 Å². The summed E-state index contributed by atoms with van der Waals surface area (Å²) in [4.78, 5) is 49.7. The quantitative estimate of drug-likeness (QED) is 0.518. The Balaban J connectivity index is 1.76. The van der Waals surface area contributed by atoms with Crippen LogP contribution < -0.4 is 0 Å². The van der Waals surface area contributed by atoms with Crippen molar-refractivity contribution in [2.75, 3.05) is 0 Å².